The SMILES string of the molecule is Cc1ccccc1CC(C)(C)NCC(O)c1ccc(O)c(CO)c1. The Bertz CT molecular complexity index is 682. The molecular formula is C20H27NO3. The minimum Gasteiger partial charge on any atom is -0.508 e. The van der Waals surface area contributed by atoms with E-state index < -0.39 is 6.10 Å². The van der Waals surface area contributed by atoms with Gasteiger partial charge in [0.15, 0.2) is 0 Å². The second-order valence-corrected chi connectivity index (χ2v) is 6.93. The molecule has 4 heteroatoms. The van der Waals surface area contributed by atoms with Crippen molar-refractivity contribution in [1.82, 2.24) is 5.32 Å². The zero-order valence-corrected chi connectivity index (χ0v) is 14.6. The lowest BCUT2D eigenvalue weighted by Gasteiger charge is -2.29. The molecule has 0 aliphatic heterocycles. The summed E-state index contributed by atoms with van der Waals surface area (Å²) in [6, 6.07) is 13.1. The van der Waals surface area contributed by atoms with E-state index in [9.17, 15) is 15.3 Å². The van der Waals surface area contributed by atoms with E-state index in [2.05, 4.69) is 38.2 Å². The number of phenols is 1. The fourth-order valence-electron chi connectivity index (χ4n) is 2.78. The van der Waals surface area contributed by atoms with Crippen LogP contribution in [0.4, 0.5) is 0 Å². The molecule has 0 saturated heterocycles. The van der Waals surface area contributed by atoms with Gasteiger partial charge in [0.25, 0.3) is 0 Å². The monoisotopic (exact) mass is 329 g/mol. The molecule has 0 bridgehead atoms. The lowest BCUT2D eigenvalue weighted by molar-refractivity contribution is 0.160. The molecule has 0 radical (unpaired) electrons. The number of rotatable bonds is 7. The summed E-state index contributed by atoms with van der Waals surface area (Å²) in [6.07, 6.45) is 0.163. The third-order valence-corrected chi connectivity index (χ3v) is 4.33. The van der Waals surface area contributed by atoms with Gasteiger partial charge in [-0.15, -0.1) is 0 Å². The number of aryl methyl sites for hydroxylation is 1. The molecule has 2 aromatic carbocycles. The van der Waals surface area contributed by atoms with Crippen molar-refractivity contribution in [2.45, 2.75) is 45.4 Å². The predicted octanol–water partition coefficient (Wildman–Crippen LogP) is 2.84. The molecule has 4 N–H and O–H groups in total. The Kier molecular flexibility index (Phi) is 5.99. The fraction of sp³-hybridized carbons (Fsp3) is 0.400. The average molecular weight is 329 g/mol. The highest BCUT2D eigenvalue weighted by Gasteiger charge is 2.20. The standard InChI is InChI=1S/C20H27NO3/c1-14-6-4-5-7-16(14)11-20(2,3)21-12-19(24)15-8-9-18(23)17(10-15)13-22/h4-10,19,21-24H,11-13H2,1-3H3. The van der Waals surface area contributed by atoms with Crippen molar-refractivity contribution in [3.8, 4) is 5.75 Å². The van der Waals surface area contributed by atoms with E-state index in [4.69, 9.17) is 0 Å². The van der Waals surface area contributed by atoms with Crippen LogP contribution < -0.4 is 5.32 Å². The second-order valence-electron chi connectivity index (χ2n) is 6.93. The fourth-order valence-corrected chi connectivity index (χ4v) is 2.78. The van der Waals surface area contributed by atoms with E-state index in [1.54, 1.807) is 12.1 Å². The largest absolute Gasteiger partial charge is 0.508 e. The van der Waals surface area contributed by atoms with Gasteiger partial charge < -0.3 is 20.6 Å². The first-order valence-electron chi connectivity index (χ1n) is 8.22. The molecule has 24 heavy (non-hydrogen) atoms. The van der Waals surface area contributed by atoms with Gasteiger partial charge in [0.2, 0.25) is 0 Å². The van der Waals surface area contributed by atoms with Crippen molar-refractivity contribution >= 4 is 0 Å². The van der Waals surface area contributed by atoms with Crippen LogP contribution in [0.5, 0.6) is 5.75 Å². The van der Waals surface area contributed by atoms with E-state index >= 15 is 0 Å². The van der Waals surface area contributed by atoms with E-state index in [0.29, 0.717) is 17.7 Å². The highest BCUT2D eigenvalue weighted by molar-refractivity contribution is 5.36. The molecule has 1 unspecified atom stereocenters. The van der Waals surface area contributed by atoms with Crippen molar-refractivity contribution in [2.75, 3.05) is 6.54 Å². The van der Waals surface area contributed by atoms with Gasteiger partial charge in [-0.3, -0.25) is 0 Å². The molecule has 2 rings (SSSR count). The van der Waals surface area contributed by atoms with E-state index in [-0.39, 0.29) is 17.9 Å². The van der Waals surface area contributed by atoms with Crippen LogP contribution in [0.15, 0.2) is 42.5 Å². The molecule has 0 heterocycles. The molecule has 1 atom stereocenters. The van der Waals surface area contributed by atoms with Gasteiger partial charge in [0.1, 0.15) is 5.75 Å². The maximum absolute atomic E-state index is 10.4. The van der Waals surface area contributed by atoms with Crippen LogP contribution in [0, 0.1) is 6.92 Å². The lowest BCUT2D eigenvalue weighted by Crippen LogP contribution is -2.43. The number of aliphatic hydroxyl groups is 2. The van der Waals surface area contributed by atoms with Crippen molar-refractivity contribution in [1.29, 1.82) is 0 Å². The van der Waals surface area contributed by atoms with Crippen LogP contribution >= 0.6 is 0 Å². The summed E-state index contributed by atoms with van der Waals surface area (Å²) in [5, 5.41) is 32.6. The second kappa shape index (κ2) is 7.79. The third kappa shape index (κ3) is 4.81. The number of hydrogen-bond acceptors (Lipinski definition) is 4. The van der Waals surface area contributed by atoms with Crippen LogP contribution in [0.1, 0.15) is 42.2 Å². The number of aliphatic hydroxyl groups excluding tert-OH is 2. The number of aromatic hydroxyl groups is 1. The Morgan fingerprint density at radius 2 is 1.79 bits per heavy atom. The molecule has 4 nitrogen and oxygen atoms in total. The highest BCUT2D eigenvalue weighted by atomic mass is 16.3. The molecule has 130 valence electrons. The Morgan fingerprint density at radius 3 is 2.46 bits per heavy atom. The number of hydrogen-bond donors (Lipinski definition) is 4. The summed E-state index contributed by atoms with van der Waals surface area (Å²) in [6.45, 7) is 6.48. The number of β-amino-alcohol motifs (C(OH)–C–C–N with tert-alkyl or cyclic N) is 1. The van der Waals surface area contributed by atoms with Gasteiger partial charge in [-0.05, 0) is 56.0 Å². The Hall–Kier alpha value is -1.88. The quantitative estimate of drug-likeness (QED) is 0.630. The van der Waals surface area contributed by atoms with Gasteiger partial charge in [-0.25, -0.2) is 0 Å². The minimum atomic E-state index is -0.702. The van der Waals surface area contributed by atoms with Gasteiger partial charge in [-0.2, -0.15) is 0 Å². The summed E-state index contributed by atoms with van der Waals surface area (Å²) in [5.41, 5.74) is 3.49. The molecule has 0 aliphatic rings. The van der Waals surface area contributed by atoms with E-state index in [0.717, 1.165) is 6.42 Å². The van der Waals surface area contributed by atoms with Gasteiger partial charge >= 0.3 is 0 Å². The minimum absolute atomic E-state index is 0.0429. The average Bonchev–Trinajstić information content (AvgIpc) is 2.55. The van der Waals surface area contributed by atoms with Crippen LogP contribution in [0.2, 0.25) is 0 Å². The molecule has 0 fully saturated rings. The number of benzene rings is 2. The van der Waals surface area contributed by atoms with Crippen molar-refractivity contribution < 1.29 is 15.3 Å². The van der Waals surface area contributed by atoms with Crippen LogP contribution in [0.25, 0.3) is 0 Å². The molecule has 0 aliphatic carbocycles. The van der Waals surface area contributed by atoms with Gasteiger partial charge in [0.05, 0.1) is 12.7 Å². The first-order valence-corrected chi connectivity index (χ1v) is 8.22. The summed E-state index contributed by atoms with van der Waals surface area (Å²) in [4.78, 5) is 0. The molecule has 0 saturated carbocycles. The Labute approximate surface area is 143 Å². The zero-order valence-electron chi connectivity index (χ0n) is 14.6. The topological polar surface area (TPSA) is 72.7 Å². The van der Waals surface area contributed by atoms with Crippen LogP contribution in [-0.4, -0.2) is 27.4 Å². The summed E-state index contributed by atoms with van der Waals surface area (Å²) >= 11 is 0. The van der Waals surface area contributed by atoms with Crippen molar-refractivity contribution in [3.63, 3.8) is 0 Å². The van der Waals surface area contributed by atoms with E-state index in [1.807, 2.05) is 12.1 Å². The van der Waals surface area contributed by atoms with Crippen molar-refractivity contribution in [2.24, 2.45) is 0 Å². The molecule has 0 aromatic heterocycles. The van der Waals surface area contributed by atoms with Gasteiger partial charge in [-0.1, -0.05) is 30.3 Å². The molecule has 2 aromatic rings. The molecule has 0 spiro atoms. The highest BCUT2D eigenvalue weighted by Crippen LogP contribution is 2.23. The summed E-state index contributed by atoms with van der Waals surface area (Å²) in [5.74, 6) is 0.0429. The Balaban J connectivity index is 1.99. The lowest BCUT2D eigenvalue weighted by atomic mass is 9.92. The smallest absolute Gasteiger partial charge is 0.121 e. The summed E-state index contributed by atoms with van der Waals surface area (Å²) < 4.78 is 0. The van der Waals surface area contributed by atoms with Crippen molar-refractivity contribution in [3.05, 3.63) is 64.7 Å². The third-order valence-electron chi connectivity index (χ3n) is 4.33. The number of nitrogens with one attached hydrogen (secondary N) is 1. The maximum atomic E-state index is 10.4. The molecule has 0 amide bonds. The van der Waals surface area contributed by atoms with Crippen LogP contribution in [-0.2, 0) is 13.0 Å². The normalized spacial score (nSPS) is 13.0. The first-order chi connectivity index (χ1) is 11.3. The van der Waals surface area contributed by atoms with E-state index in [1.165, 1.54) is 17.2 Å². The summed E-state index contributed by atoms with van der Waals surface area (Å²) in [7, 11) is 0. The Morgan fingerprint density at radius 1 is 1.08 bits per heavy atom. The predicted molar refractivity (Wildman–Crippen MR) is 96.0 cm³/mol. The zero-order chi connectivity index (χ0) is 17.7. The molecular weight excluding hydrogens is 302 g/mol. The maximum Gasteiger partial charge on any atom is 0.121 e. The van der Waals surface area contributed by atoms with Gasteiger partial charge in [0, 0.05) is 17.6 Å². The van der Waals surface area contributed by atoms with Crippen LogP contribution in [0.3, 0.4) is 0 Å². The first kappa shape index (κ1) is 18.5.